The van der Waals surface area contributed by atoms with Crippen molar-refractivity contribution in [3.05, 3.63) is 29.1 Å². The molecule has 2 aromatic rings. The molecule has 0 radical (unpaired) electrons. The van der Waals surface area contributed by atoms with Crippen molar-refractivity contribution in [2.45, 2.75) is 6.04 Å². The number of thiophene rings is 1. The average molecular weight is 305 g/mol. The molecule has 2 amide bonds. The molecule has 21 heavy (non-hydrogen) atoms. The molecule has 1 atom stereocenters. The summed E-state index contributed by atoms with van der Waals surface area (Å²) in [5, 5.41) is 0.856. The summed E-state index contributed by atoms with van der Waals surface area (Å²) in [7, 11) is 0. The number of carbonyl (C=O) groups is 2. The maximum absolute atomic E-state index is 12.7. The second-order valence-electron chi connectivity index (χ2n) is 4.83. The molecule has 110 valence electrons. The summed E-state index contributed by atoms with van der Waals surface area (Å²) < 4.78 is 6.17. The number of hydrogen-bond acceptors (Lipinski definition) is 5. The van der Waals surface area contributed by atoms with Gasteiger partial charge >= 0.3 is 0 Å². The highest BCUT2D eigenvalue weighted by molar-refractivity contribution is 7.21. The Morgan fingerprint density at radius 2 is 2.10 bits per heavy atom. The van der Waals surface area contributed by atoms with Crippen LogP contribution in [0.1, 0.15) is 9.67 Å². The topological polar surface area (TPSA) is 98.7 Å². The van der Waals surface area contributed by atoms with Gasteiger partial charge < -0.3 is 21.1 Å². The van der Waals surface area contributed by atoms with Gasteiger partial charge in [-0.1, -0.05) is 18.2 Å². The molecule has 1 aromatic heterocycles. The summed E-state index contributed by atoms with van der Waals surface area (Å²) in [5.74, 6) is -0.830. The first-order valence-electron chi connectivity index (χ1n) is 6.54. The third kappa shape index (κ3) is 2.34. The Balaban J connectivity index is 1.99. The zero-order valence-corrected chi connectivity index (χ0v) is 12.1. The first kappa shape index (κ1) is 13.8. The number of anilines is 1. The molecular weight excluding hydrogens is 290 g/mol. The van der Waals surface area contributed by atoms with Crippen LogP contribution in [0.15, 0.2) is 24.3 Å². The van der Waals surface area contributed by atoms with Crippen LogP contribution in [0.25, 0.3) is 10.1 Å². The summed E-state index contributed by atoms with van der Waals surface area (Å²) in [6.07, 6.45) is 0. The summed E-state index contributed by atoms with van der Waals surface area (Å²) in [6, 6.07) is 6.82. The number of ether oxygens (including phenoxy) is 1. The SMILES string of the molecule is NC(=O)C1COCCN1C(=O)c1sc2ccccc2c1N. The molecule has 6 nitrogen and oxygen atoms in total. The number of nitrogens with two attached hydrogens (primary N) is 2. The second-order valence-corrected chi connectivity index (χ2v) is 5.88. The zero-order chi connectivity index (χ0) is 15.0. The molecule has 1 aromatic carbocycles. The highest BCUT2D eigenvalue weighted by Gasteiger charge is 2.33. The number of primary amides is 1. The van der Waals surface area contributed by atoms with Crippen molar-refractivity contribution in [1.82, 2.24) is 4.90 Å². The Labute approximate surface area is 125 Å². The Hall–Kier alpha value is -2.12. The van der Waals surface area contributed by atoms with Gasteiger partial charge in [0.1, 0.15) is 10.9 Å². The number of carbonyl (C=O) groups excluding carboxylic acids is 2. The van der Waals surface area contributed by atoms with E-state index in [0.29, 0.717) is 23.7 Å². The minimum absolute atomic E-state index is 0.131. The van der Waals surface area contributed by atoms with Crippen LogP contribution in [-0.4, -0.2) is 42.5 Å². The van der Waals surface area contributed by atoms with E-state index in [4.69, 9.17) is 16.2 Å². The minimum atomic E-state index is -0.740. The van der Waals surface area contributed by atoms with Gasteiger partial charge in [-0.3, -0.25) is 9.59 Å². The number of fused-ring (bicyclic) bond motifs is 1. The van der Waals surface area contributed by atoms with E-state index in [9.17, 15) is 9.59 Å². The van der Waals surface area contributed by atoms with Crippen LogP contribution < -0.4 is 11.5 Å². The van der Waals surface area contributed by atoms with Gasteiger partial charge in [-0.05, 0) is 6.07 Å². The van der Waals surface area contributed by atoms with Crippen molar-refractivity contribution in [2.75, 3.05) is 25.5 Å². The van der Waals surface area contributed by atoms with E-state index in [1.807, 2.05) is 24.3 Å². The molecule has 0 spiro atoms. The van der Waals surface area contributed by atoms with Crippen molar-refractivity contribution in [1.29, 1.82) is 0 Å². The van der Waals surface area contributed by atoms with E-state index in [1.165, 1.54) is 16.2 Å². The van der Waals surface area contributed by atoms with Crippen LogP contribution in [0, 0.1) is 0 Å². The smallest absolute Gasteiger partial charge is 0.266 e. The molecule has 3 rings (SSSR count). The van der Waals surface area contributed by atoms with Crippen LogP contribution in [0.2, 0.25) is 0 Å². The van der Waals surface area contributed by atoms with E-state index in [0.717, 1.165) is 10.1 Å². The molecular formula is C14H15N3O3S. The van der Waals surface area contributed by atoms with Gasteiger partial charge in [0.05, 0.1) is 18.9 Å². The average Bonchev–Trinajstić information content (AvgIpc) is 2.84. The van der Waals surface area contributed by atoms with Crippen LogP contribution in [-0.2, 0) is 9.53 Å². The third-order valence-electron chi connectivity index (χ3n) is 3.55. The van der Waals surface area contributed by atoms with Crippen molar-refractivity contribution < 1.29 is 14.3 Å². The van der Waals surface area contributed by atoms with Crippen molar-refractivity contribution in [3.63, 3.8) is 0 Å². The molecule has 0 bridgehead atoms. The fraction of sp³-hybridized carbons (Fsp3) is 0.286. The fourth-order valence-electron chi connectivity index (χ4n) is 2.44. The number of amides is 2. The molecule has 2 heterocycles. The lowest BCUT2D eigenvalue weighted by Gasteiger charge is -2.33. The lowest BCUT2D eigenvalue weighted by atomic mass is 10.1. The first-order valence-corrected chi connectivity index (χ1v) is 7.36. The summed E-state index contributed by atoms with van der Waals surface area (Å²) in [6.45, 7) is 0.853. The van der Waals surface area contributed by atoms with Gasteiger partial charge in [0.25, 0.3) is 5.91 Å². The predicted octanol–water partition coefficient (Wildman–Crippen LogP) is 0.810. The second kappa shape index (κ2) is 5.34. The monoisotopic (exact) mass is 305 g/mol. The Kier molecular flexibility index (Phi) is 3.52. The lowest BCUT2D eigenvalue weighted by molar-refractivity contribution is -0.127. The maximum Gasteiger partial charge on any atom is 0.266 e. The normalized spacial score (nSPS) is 18.9. The van der Waals surface area contributed by atoms with Gasteiger partial charge in [0.2, 0.25) is 5.91 Å². The maximum atomic E-state index is 12.7. The molecule has 1 aliphatic rings. The predicted molar refractivity (Wildman–Crippen MR) is 81.1 cm³/mol. The zero-order valence-electron chi connectivity index (χ0n) is 11.2. The first-order chi connectivity index (χ1) is 10.1. The number of benzene rings is 1. The summed E-state index contributed by atoms with van der Waals surface area (Å²) in [4.78, 5) is 26.1. The van der Waals surface area contributed by atoms with Crippen LogP contribution in [0.3, 0.4) is 0 Å². The van der Waals surface area contributed by atoms with Gasteiger partial charge in [-0.15, -0.1) is 11.3 Å². The van der Waals surface area contributed by atoms with Crippen molar-refractivity contribution in [2.24, 2.45) is 5.73 Å². The van der Waals surface area contributed by atoms with E-state index in [1.54, 1.807) is 0 Å². The quantitative estimate of drug-likeness (QED) is 0.857. The van der Waals surface area contributed by atoms with E-state index in [2.05, 4.69) is 0 Å². The fourth-order valence-corrected chi connectivity index (χ4v) is 3.52. The highest BCUT2D eigenvalue weighted by atomic mass is 32.1. The van der Waals surface area contributed by atoms with Crippen LogP contribution in [0.5, 0.6) is 0 Å². The molecule has 0 saturated carbocycles. The molecule has 4 N–H and O–H groups in total. The van der Waals surface area contributed by atoms with Gasteiger partial charge in [-0.25, -0.2) is 0 Å². The number of nitrogens with zero attached hydrogens (tertiary/aromatic N) is 1. The Morgan fingerprint density at radius 3 is 2.81 bits per heavy atom. The molecule has 1 aliphatic heterocycles. The number of nitrogen functional groups attached to an aromatic ring is 1. The molecule has 1 fully saturated rings. The largest absolute Gasteiger partial charge is 0.397 e. The van der Waals surface area contributed by atoms with E-state index in [-0.39, 0.29) is 12.5 Å². The van der Waals surface area contributed by atoms with Crippen molar-refractivity contribution in [3.8, 4) is 0 Å². The highest BCUT2D eigenvalue weighted by Crippen LogP contribution is 2.34. The van der Waals surface area contributed by atoms with Gasteiger partial charge in [0.15, 0.2) is 0 Å². The number of rotatable bonds is 2. The summed E-state index contributed by atoms with van der Waals surface area (Å²) in [5.41, 5.74) is 11.9. The van der Waals surface area contributed by atoms with Gasteiger partial charge in [-0.2, -0.15) is 0 Å². The van der Waals surface area contributed by atoms with Crippen LogP contribution >= 0.6 is 11.3 Å². The standard InChI is InChI=1S/C14H15N3O3S/c15-11-8-3-1-2-4-10(8)21-12(11)14(19)17-5-6-20-7-9(17)13(16)18/h1-4,9H,5-7,15H2,(H2,16,18). The lowest BCUT2D eigenvalue weighted by Crippen LogP contribution is -2.54. The Bertz CT molecular complexity index is 713. The number of hydrogen-bond donors (Lipinski definition) is 2. The molecule has 0 aliphatic carbocycles. The van der Waals surface area contributed by atoms with E-state index < -0.39 is 11.9 Å². The third-order valence-corrected chi connectivity index (χ3v) is 4.72. The number of morpholine rings is 1. The molecule has 1 unspecified atom stereocenters. The van der Waals surface area contributed by atoms with Crippen molar-refractivity contribution >= 4 is 38.9 Å². The summed E-state index contributed by atoms with van der Waals surface area (Å²) >= 11 is 1.33. The van der Waals surface area contributed by atoms with Crippen LogP contribution in [0.4, 0.5) is 5.69 Å². The molecule has 1 saturated heterocycles. The van der Waals surface area contributed by atoms with Gasteiger partial charge in [0, 0.05) is 16.6 Å². The molecule has 7 heteroatoms. The minimum Gasteiger partial charge on any atom is -0.397 e. The Morgan fingerprint density at radius 1 is 1.33 bits per heavy atom. The van der Waals surface area contributed by atoms with E-state index >= 15 is 0 Å².